The molecule has 0 amide bonds. The molecule has 0 unspecified atom stereocenters. The fourth-order valence-electron chi connectivity index (χ4n) is 3.26. The third kappa shape index (κ3) is 3.22. The lowest BCUT2D eigenvalue weighted by Gasteiger charge is -2.16. The van der Waals surface area contributed by atoms with Gasteiger partial charge in [0.25, 0.3) is 0 Å². The van der Waals surface area contributed by atoms with Crippen molar-refractivity contribution in [1.29, 1.82) is 0 Å². The maximum atomic E-state index is 13.1. The van der Waals surface area contributed by atoms with Crippen molar-refractivity contribution in [2.45, 2.75) is 44.2 Å². The molecule has 0 radical (unpaired) electrons. The zero-order valence-electron chi connectivity index (χ0n) is 16.4. The van der Waals surface area contributed by atoms with Gasteiger partial charge in [0.1, 0.15) is 5.82 Å². The molecule has 7 nitrogen and oxygen atoms in total. The van der Waals surface area contributed by atoms with Gasteiger partial charge >= 0.3 is 0 Å². The molecule has 3 aromatic rings. The van der Waals surface area contributed by atoms with Gasteiger partial charge in [0.2, 0.25) is 10.0 Å². The van der Waals surface area contributed by atoms with Gasteiger partial charge in [-0.2, -0.15) is 9.40 Å². The van der Waals surface area contributed by atoms with Crippen molar-refractivity contribution in [1.82, 2.24) is 24.1 Å². The van der Waals surface area contributed by atoms with Crippen LogP contribution in [0.3, 0.4) is 0 Å². The van der Waals surface area contributed by atoms with E-state index in [-0.39, 0.29) is 16.9 Å². The highest BCUT2D eigenvalue weighted by atomic mass is 32.2. The summed E-state index contributed by atoms with van der Waals surface area (Å²) in [7, 11) is -1.75. The first kappa shape index (κ1) is 18.8. The van der Waals surface area contributed by atoms with E-state index in [4.69, 9.17) is 0 Å². The number of fused-ring (bicyclic) bond motifs is 1. The Balaban J connectivity index is 1.60. The molecule has 146 valence electrons. The SMILES string of the molecule is Cn1nccc1-c1ccc(S(=O)(=O)N2Cc3cnc(C(C)(C)C)nc3C2)cc1. The van der Waals surface area contributed by atoms with Crippen molar-refractivity contribution in [2.75, 3.05) is 0 Å². The van der Waals surface area contributed by atoms with Crippen LogP contribution in [0.2, 0.25) is 0 Å². The van der Waals surface area contributed by atoms with E-state index >= 15 is 0 Å². The Hall–Kier alpha value is -2.58. The molecule has 0 N–H and O–H groups in total. The second-order valence-electron chi connectivity index (χ2n) is 8.05. The van der Waals surface area contributed by atoms with E-state index in [1.165, 1.54) is 4.31 Å². The number of aryl methyl sites for hydroxylation is 1. The van der Waals surface area contributed by atoms with E-state index in [1.54, 1.807) is 29.2 Å². The van der Waals surface area contributed by atoms with E-state index in [0.29, 0.717) is 6.54 Å². The van der Waals surface area contributed by atoms with Crippen molar-refractivity contribution < 1.29 is 8.42 Å². The summed E-state index contributed by atoms with van der Waals surface area (Å²) >= 11 is 0. The molecule has 28 heavy (non-hydrogen) atoms. The summed E-state index contributed by atoms with van der Waals surface area (Å²) in [6, 6.07) is 8.81. The summed E-state index contributed by atoms with van der Waals surface area (Å²) < 4.78 is 29.4. The van der Waals surface area contributed by atoms with Crippen LogP contribution in [0.5, 0.6) is 0 Å². The lowest BCUT2D eigenvalue weighted by molar-refractivity contribution is 0.429. The van der Waals surface area contributed by atoms with Crippen molar-refractivity contribution in [2.24, 2.45) is 7.05 Å². The molecule has 1 aliphatic heterocycles. The Labute approximate surface area is 165 Å². The number of hydrogen-bond acceptors (Lipinski definition) is 5. The lowest BCUT2D eigenvalue weighted by Crippen LogP contribution is -2.25. The Morgan fingerprint density at radius 2 is 1.75 bits per heavy atom. The van der Waals surface area contributed by atoms with Crippen molar-refractivity contribution in [3.63, 3.8) is 0 Å². The van der Waals surface area contributed by atoms with Gasteiger partial charge in [-0.3, -0.25) is 4.68 Å². The summed E-state index contributed by atoms with van der Waals surface area (Å²) in [6.45, 7) is 6.70. The zero-order valence-corrected chi connectivity index (χ0v) is 17.2. The molecule has 0 spiro atoms. The molecular weight excluding hydrogens is 374 g/mol. The summed E-state index contributed by atoms with van der Waals surface area (Å²) in [5.74, 6) is 0.728. The molecule has 2 aromatic heterocycles. The summed E-state index contributed by atoms with van der Waals surface area (Å²) in [5.41, 5.74) is 3.33. The maximum Gasteiger partial charge on any atom is 0.243 e. The quantitative estimate of drug-likeness (QED) is 0.679. The first-order chi connectivity index (χ1) is 13.2. The maximum absolute atomic E-state index is 13.1. The normalized spacial score (nSPS) is 15.0. The van der Waals surface area contributed by atoms with E-state index in [9.17, 15) is 8.42 Å². The van der Waals surface area contributed by atoms with E-state index in [2.05, 4.69) is 15.1 Å². The molecule has 0 fully saturated rings. The van der Waals surface area contributed by atoms with Crippen molar-refractivity contribution in [3.8, 4) is 11.3 Å². The minimum Gasteiger partial charge on any atom is -0.268 e. The molecule has 4 rings (SSSR count). The van der Waals surface area contributed by atoms with Gasteiger partial charge in [0.05, 0.1) is 22.8 Å². The second-order valence-corrected chi connectivity index (χ2v) is 9.99. The molecule has 0 atom stereocenters. The average molecular weight is 398 g/mol. The van der Waals surface area contributed by atoms with E-state index in [0.717, 1.165) is 28.3 Å². The molecule has 0 bridgehead atoms. The molecular formula is C20H23N5O2S. The number of aromatic nitrogens is 4. The van der Waals surface area contributed by atoms with Crippen LogP contribution < -0.4 is 0 Å². The Bertz CT molecular complexity index is 1130. The predicted octanol–water partition coefficient (Wildman–Crippen LogP) is 2.88. The first-order valence-electron chi connectivity index (χ1n) is 9.10. The highest BCUT2D eigenvalue weighted by Crippen LogP contribution is 2.30. The van der Waals surface area contributed by atoms with E-state index in [1.807, 2.05) is 46.0 Å². The molecule has 0 saturated carbocycles. The highest BCUT2D eigenvalue weighted by Gasteiger charge is 2.33. The Kier molecular flexibility index (Phi) is 4.35. The zero-order chi connectivity index (χ0) is 20.1. The average Bonchev–Trinajstić information content (AvgIpc) is 3.26. The fraction of sp³-hybridized carbons (Fsp3) is 0.350. The van der Waals surface area contributed by atoms with Crippen LogP contribution in [0.4, 0.5) is 0 Å². The van der Waals surface area contributed by atoms with Crippen molar-refractivity contribution >= 4 is 10.0 Å². The minimum atomic E-state index is -3.61. The van der Waals surface area contributed by atoms with Gasteiger partial charge in [-0.15, -0.1) is 0 Å². The van der Waals surface area contributed by atoms with Crippen LogP contribution in [-0.4, -0.2) is 32.5 Å². The summed E-state index contributed by atoms with van der Waals surface area (Å²) in [5, 5.41) is 4.15. The third-order valence-electron chi connectivity index (χ3n) is 4.91. The number of hydrogen-bond donors (Lipinski definition) is 0. The number of benzene rings is 1. The summed E-state index contributed by atoms with van der Waals surface area (Å²) in [6.07, 6.45) is 3.47. The van der Waals surface area contributed by atoms with Gasteiger partial charge in [-0.05, 0) is 23.8 Å². The van der Waals surface area contributed by atoms with Crippen LogP contribution in [0.15, 0.2) is 47.6 Å². The van der Waals surface area contributed by atoms with Gasteiger partial charge < -0.3 is 0 Å². The highest BCUT2D eigenvalue weighted by molar-refractivity contribution is 7.89. The molecule has 1 aromatic carbocycles. The van der Waals surface area contributed by atoms with Crippen LogP contribution in [0.1, 0.15) is 37.9 Å². The summed E-state index contributed by atoms with van der Waals surface area (Å²) in [4.78, 5) is 9.30. The van der Waals surface area contributed by atoms with Crippen LogP contribution in [0, 0.1) is 0 Å². The smallest absolute Gasteiger partial charge is 0.243 e. The number of nitrogens with zero attached hydrogens (tertiary/aromatic N) is 5. The van der Waals surface area contributed by atoms with Gasteiger partial charge in [-0.1, -0.05) is 32.9 Å². The Morgan fingerprint density at radius 3 is 2.36 bits per heavy atom. The van der Waals surface area contributed by atoms with Gasteiger partial charge in [0, 0.05) is 37.0 Å². The molecule has 0 aliphatic carbocycles. The largest absolute Gasteiger partial charge is 0.268 e. The molecule has 3 heterocycles. The molecule has 0 saturated heterocycles. The minimum absolute atomic E-state index is 0.178. The van der Waals surface area contributed by atoms with Crippen LogP contribution in [-0.2, 0) is 35.6 Å². The topological polar surface area (TPSA) is 81.0 Å². The van der Waals surface area contributed by atoms with Crippen LogP contribution in [0.25, 0.3) is 11.3 Å². The van der Waals surface area contributed by atoms with Crippen LogP contribution >= 0.6 is 0 Å². The fourth-order valence-corrected chi connectivity index (χ4v) is 4.64. The number of rotatable bonds is 3. The monoisotopic (exact) mass is 397 g/mol. The molecule has 8 heteroatoms. The van der Waals surface area contributed by atoms with Gasteiger partial charge in [-0.25, -0.2) is 18.4 Å². The second kappa shape index (κ2) is 6.49. The standard InChI is InChI=1S/C20H23N5O2S/c1-20(2,3)19-21-11-15-12-25(13-17(15)23-19)28(26,27)16-7-5-14(6-8-16)18-9-10-22-24(18)4/h5-11H,12-13H2,1-4H3. The third-order valence-corrected chi connectivity index (χ3v) is 6.71. The Morgan fingerprint density at radius 1 is 1.04 bits per heavy atom. The lowest BCUT2D eigenvalue weighted by atomic mass is 9.95. The van der Waals surface area contributed by atoms with Gasteiger partial charge in [0.15, 0.2) is 0 Å². The van der Waals surface area contributed by atoms with Crippen molar-refractivity contribution in [3.05, 3.63) is 59.8 Å². The first-order valence-corrected chi connectivity index (χ1v) is 10.5. The number of sulfonamides is 1. The van der Waals surface area contributed by atoms with E-state index < -0.39 is 10.0 Å². The molecule has 1 aliphatic rings. The predicted molar refractivity (Wildman–Crippen MR) is 106 cm³/mol.